The lowest BCUT2D eigenvalue weighted by atomic mass is 10.2. The van der Waals surface area contributed by atoms with Crippen LogP contribution in [0.15, 0.2) is 18.2 Å². The van der Waals surface area contributed by atoms with Gasteiger partial charge in [-0.05, 0) is 18.2 Å². The fraction of sp³-hybridized carbons (Fsp3) is 0.357. The number of hydrogen-bond donors (Lipinski definition) is 0. The maximum absolute atomic E-state index is 12.4. The van der Waals surface area contributed by atoms with E-state index in [1.165, 1.54) is 37.3 Å². The van der Waals surface area contributed by atoms with Crippen LogP contribution in [0.3, 0.4) is 0 Å². The Balaban J connectivity index is 2.92. The van der Waals surface area contributed by atoms with E-state index in [0.717, 1.165) is 0 Å². The molecule has 22 heavy (non-hydrogen) atoms. The molecule has 0 radical (unpaired) electrons. The highest BCUT2D eigenvalue weighted by Gasteiger charge is 2.21. The van der Waals surface area contributed by atoms with Gasteiger partial charge < -0.3 is 14.4 Å². The molecule has 1 aromatic carbocycles. The number of methoxy groups -OCH3 is 2. The number of amides is 1. The highest BCUT2D eigenvalue weighted by Crippen LogP contribution is 2.23. The Morgan fingerprint density at radius 1 is 1.05 bits per heavy atom. The van der Waals surface area contributed by atoms with Crippen molar-refractivity contribution < 1.29 is 23.9 Å². The molecule has 0 unspecified atom stereocenters. The summed E-state index contributed by atoms with van der Waals surface area (Å²) in [6.45, 7) is -0.270. The number of ether oxygens (including phenoxy) is 2. The number of hydrogen-bond acceptors (Lipinski definition) is 5. The summed E-state index contributed by atoms with van der Waals surface area (Å²) in [4.78, 5) is 36.2. The van der Waals surface area contributed by atoms with E-state index in [-0.39, 0.29) is 30.1 Å². The summed E-state index contributed by atoms with van der Waals surface area (Å²) in [6, 6.07) is 4.36. The second-order valence-corrected chi connectivity index (χ2v) is 5.07. The van der Waals surface area contributed by atoms with Crippen molar-refractivity contribution in [2.24, 2.45) is 0 Å². The molecule has 8 heteroatoms. The third-order valence-electron chi connectivity index (χ3n) is 2.81. The zero-order valence-corrected chi connectivity index (χ0v) is 13.6. The lowest BCUT2D eigenvalue weighted by Crippen LogP contribution is -2.37. The zero-order chi connectivity index (χ0) is 16.7. The van der Waals surface area contributed by atoms with Crippen molar-refractivity contribution in [3.63, 3.8) is 0 Å². The van der Waals surface area contributed by atoms with E-state index in [1.54, 1.807) is 0 Å². The van der Waals surface area contributed by atoms with Crippen molar-refractivity contribution in [1.82, 2.24) is 4.90 Å². The first kappa shape index (κ1) is 18.3. The van der Waals surface area contributed by atoms with Crippen molar-refractivity contribution in [2.45, 2.75) is 6.42 Å². The van der Waals surface area contributed by atoms with Gasteiger partial charge in [0.15, 0.2) is 0 Å². The second kappa shape index (κ2) is 8.60. The third kappa shape index (κ3) is 5.20. The fourth-order valence-electron chi connectivity index (χ4n) is 1.61. The van der Waals surface area contributed by atoms with Crippen molar-refractivity contribution in [2.75, 3.05) is 27.3 Å². The predicted molar refractivity (Wildman–Crippen MR) is 81.0 cm³/mol. The van der Waals surface area contributed by atoms with Crippen LogP contribution in [0.4, 0.5) is 0 Å². The average Bonchev–Trinajstić information content (AvgIpc) is 2.52. The first-order valence-corrected chi connectivity index (χ1v) is 7.02. The minimum atomic E-state index is -0.599. The van der Waals surface area contributed by atoms with E-state index in [9.17, 15) is 14.4 Å². The van der Waals surface area contributed by atoms with E-state index in [4.69, 9.17) is 23.2 Å². The third-order valence-corrected chi connectivity index (χ3v) is 3.55. The van der Waals surface area contributed by atoms with Gasteiger partial charge in [0.1, 0.15) is 6.54 Å². The quantitative estimate of drug-likeness (QED) is 0.737. The van der Waals surface area contributed by atoms with E-state index >= 15 is 0 Å². The summed E-state index contributed by atoms with van der Waals surface area (Å²) in [5, 5.41) is 0.533. The van der Waals surface area contributed by atoms with Gasteiger partial charge in [0.05, 0.1) is 30.7 Å². The van der Waals surface area contributed by atoms with Gasteiger partial charge in [-0.1, -0.05) is 23.2 Å². The van der Waals surface area contributed by atoms with Gasteiger partial charge in [-0.15, -0.1) is 0 Å². The summed E-state index contributed by atoms with van der Waals surface area (Å²) < 4.78 is 9.07. The molecular formula is C14H15Cl2NO5. The number of nitrogens with zero attached hydrogens (tertiary/aromatic N) is 1. The van der Waals surface area contributed by atoms with Crippen LogP contribution in [0, 0.1) is 0 Å². The highest BCUT2D eigenvalue weighted by atomic mass is 35.5. The second-order valence-electron chi connectivity index (χ2n) is 4.26. The van der Waals surface area contributed by atoms with Crippen LogP contribution >= 0.6 is 23.2 Å². The molecule has 0 aliphatic heterocycles. The monoisotopic (exact) mass is 347 g/mol. The lowest BCUT2D eigenvalue weighted by molar-refractivity contribution is -0.143. The lowest BCUT2D eigenvalue weighted by Gasteiger charge is -2.21. The van der Waals surface area contributed by atoms with Crippen LogP contribution in [0.2, 0.25) is 10.0 Å². The molecule has 0 aliphatic rings. The van der Waals surface area contributed by atoms with Crippen LogP contribution < -0.4 is 0 Å². The predicted octanol–water partition coefficient (Wildman–Crippen LogP) is 2.17. The minimum Gasteiger partial charge on any atom is -0.469 e. The van der Waals surface area contributed by atoms with E-state index < -0.39 is 17.8 Å². The Labute approximate surface area is 137 Å². The largest absolute Gasteiger partial charge is 0.469 e. The number of esters is 2. The number of carbonyl (C=O) groups excluding carboxylic acids is 3. The normalized spacial score (nSPS) is 10.0. The van der Waals surface area contributed by atoms with Crippen molar-refractivity contribution in [1.29, 1.82) is 0 Å². The minimum absolute atomic E-state index is 0.0147. The summed E-state index contributed by atoms with van der Waals surface area (Å²) in [6.07, 6.45) is -0.0411. The molecule has 0 N–H and O–H groups in total. The molecule has 1 aromatic rings. The highest BCUT2D eigenvalue weighted by molar-refractivity contribution is 6.42. The molecule has 0 aromatic heterocycles. The molecule has 0 saturated heterocycles. The van der Waals surface area contributed by atoms with E-state index in [1.807, 2.05) is 0 Å². The SMILES string of the molecule is COC(=O)CCN(CC(=O)OC)C(=O)c1ccc(Cl)c(Cl)c1. The van der Waals surface area contributed by atoms with Crippen LogP contribution in [-0.2, 0) is 19.1 Å². The van der Waals surface area contributed by atoms with Crippen LogP contribution in [0.25, 0.3) is 0 Å². The van der Waals surface area contributed by atoms with Gasteiger partial charge in [-0.25, -0.2) is 0 Å². The van der Waals surface area contributed by atoms with Crippen LogP contribution in [-0.4, -0.2) is 50.1 Å². The van der Waals surface area contributed by atoms with E-state index in [2.05, 4.69) is 9.47 Å². The number of halogens is 2. The fourth-order valence-corrected chi connectivity index (χ4v) is 1.91. The molecule has 0 saturated carbocycles. The van der Waals surface area contributed by atoms with Gasteiger partial charge in [0.25, 0.3) is 5.91 Å². The summed E-state index contributed by atoms with van der Waals surface area (Å²) in [5.41, 5.74) is 0.253. The number of carbonyl (C=O) groups is 3. The topological polar surface area (TPSA) is 72.9 Å². The number of benzene rings is 1. The molecule has 0 fully saturated rings. The van der Waals surface area contributed by atoms with E-state index in [0.29, 0.717) is 5.02 Å². The van der Waals surface area contributed by atoms with Crippen LogP contribution in [0.1, 0.15) is 16.8 Å². The molecule has 0 atom stereocenters. The Kier molecular flexibility index (Phi) is 7.14. The van der Waals surface area contributed by atoms with Gasteiger partial charge in [-0.3, -0.25) is 14.4 Å². The van der Waals surface area contributed by atoms with Gasteiger partial charge in [0, 0.05) is 12.1 Å². The summed E-state index contributed by atoms with van der Waals surface area (Å²) >= 11 is 11.7. The number of rotatable bonds is 6. The molecule has 0 spiro atoms. The molecular weight excluding hydrogens is 333 g/mol. The van der Waals surface area contributed by atoms with Crippen molar-refractivity contribution >= 4 is 41.0 Å². The Morgan fingerprint density at radius 3 is 2.23 bits per heavy atom. The zero-order valence-electron chi connectivity index (χ0n) is 12.1. The van der Waals surface area contributed by atoms with Gasteiger partial charge >= 0.3 is 11.9 Å². The molecule has 1 amide bonds. The van der Waals surface area contributed by atoms with Crippen molar-refractivity contribution in [3.05, 3.63) is 33.8 Å². The van der Waals surface area contributed by atoms with Gasteiger partial charge in [0.2, 0.25) is 0 Å². The molecule has 1 rings (SSSR count). The molecule has 0 aliphatic carbocycles. The molecule has 120 valence electrons. The average molecular weight is 348 g/mol. The summed E-state index contributed by atoms with van der Waals surface area (Å²) in [5.74, 6) is -1.55. The molecule has 0 bridgehead atoms. The standard InChI is InChI=1S/C14H15Cl2NO5/c1-21-12(18)5-6-17(8-13(19)22-2)14(20)9-3-4-10(15)11(16)7-9/h3-4,7H,5-6,8H2,1-2H3. The molecule has 0 heterocycles. The first-order valence-electron chi connectivity index (χ1n) is 6.27. The molecule has 6 nitrogen and oxygen atoms in total. The summed E-state index contributed by atoms with van der Waals surface area (Å²) in [7, 11) is 2.46. The maximum atomic E-state index is 12.4. The smallest absolute Gasteiger partial charge is 0.325 e. The Bertz CT molecular complexity index is 576. The van der Waals surface area contributed by atoms with Gasteiger partial charge in [-0.2, -0.15) is 0 Å². The van der Waals surface area contributed by atoms with Crippen LogP contribution in [0.5, 0.6) is 0 Å². The Morgan fingerprint density at radius 2 is 1.68 bits per heavy atom. The Hall–Kier alpha value is -1.79. The first-order chi connectivity index (χ1) is 10.4. The van der Waals surface area contributed by atoms with Crippen molar-refractivity contribution in [3.8, 4) is 0 Å². The maximum Gasteiger partial charge on any atom is 0.325 e.